The number of carboxylic acid groups (broad SMARTS) is 1. The summed E-state index contributed by atoms with van der Waals surface area (Å²) in [6, 6.07) is 2.90. The molecule has 304 valence electrons. The molecule has 3 fully saturated rings. The fourth-order valence-electron chi connectivity index (χ4n) is 7.85. The molecule has 3 aromatic rings. The number of fused-ring (bicyclic) bond motifs is 1. The Morgan fingerprint density at radius 2 is 1.80 bits per heavy atom. The van der Waals surface area contributed by atoms with Crippen molar-refractivity contribution in [3.63, 3.8) is 0 Å². The molecule has 2 aliphatic heterocycles. The third kappa shape index (κ3) is 9.46. The summed E-state index contributed by atoms with van der Waals surface area (Å²) in [5, 5.41) is 16.6. The Morgan fingerprint density at radius 1 is 1.05 bits per heavy atom. The number of hydrogen-bond donors (Lipinski definition) is 4. The maximum Gasteiger partial charge on any atom is 0.321 e. The number of piperazine rings is 1. The second kappa shape index (κ2) is 18.5. The first-order valence-corrected chi connectivity index (χ1v) is 20.5. The number of aromatic nitrogens is 4. The number of imide groups is 1. The molecule has 18 heteroatoms. The molecule has 17 nitrogen and oxygen atoms in total. The van der Waals surface area contributed by atoms with Gasteiger partial charge in [-0.1, -0.05) is 19.4 Å². The number of benzene rings is 1. The lowest BCUT2D eigenvalue weighted by atomic mass is 9.81. The van der Waals surface area contributed by atoms with Gasteiger partial charge in [-0.3, -0.25) is 33.7 Å². The number of nitrogens with zero attached hydrogens (tertiary/aromatic N) is 7. The Bertz CT molecular complexity index is 1890. The zero-order chi connectivity index (χ0) is 39.9. The third-order valence-electron chi connectivity index (χ3n) is 11.0. The summed E-state index contributed by atoms with van der Waals surface area (Å²) < 4.78 is 13.6. The van der Waals surface area contributed by atoms with Gasteiger partial charge >= 0.3 is 5.97 Å². The summed E-state index contributed by atoms with van der Waals surface area (Å²) in [6.07, 6.45) is 6.93. The van der Waals surface area contributed by atoms with E-state index in [1.165, 1.54) is 4.90 Å². The number of nitrogen functional groups attached to an aromatic ring is 1. The number of thioether (sulfide) groups is 1. The number of carboxylic acids is 1. The highest BCUT2D eigenvalue weighted by Crippen LogP contribution is 2.36. The summed E-state index contributed by atoms with van der Waals surface area (Å²) in [7, 11) is 3.30. The van der Waals surface area contributed by atoms with Crippen LogP contribution < -0.4 is 26.3 Å². The molecule has 1 saturated carbocycles. The van der Waals surface area contributed by atoms with Crippen molar-refractivity contribution in [3.05, 3.63) is 29.5 Å². The van der Waals surface area contributed by atoms with E-state index in [9.17, 15) is 19.2 Å². The molecule has 3 aliphatic rings. The molecule has 2 aromatic heterocycles. The summed E-state index contributed by atoms with van der Waals surface area (Å²) in [5.41, 5.74) is 14.7. The SMILES string of the molecule is CCCCNc1nc(N)nc2cn(Cc3c(OC)ccc(CN4CCN(C(=O)C5CCC(CN6C(=O)CC(SC[C@H](N)C(=O)O)C6=O)CC5)CC4)c3OC)nc12. The number of ether oxygens (including phenoxy) is 2. The molecule has 56 heavy (non-hydrogen) atoms. The van der Waals surface area contributed by atoms with Gasteiger partial charge in [-0.05, 0) is 44.1 Å². The Labute approximate surface area is 330 Å². The number of unbranched alkanes of at least 4 members (excludes halogenated alkanes) is 1. The number of anilines is 2. The molecular weight excluding hydrogens is 741 g/mol. The zero-order valence-corrected chi connectivity index (χ0v) is 33.3. The van der Waals surface area contributed by atoms with Crippen LogP contribution in [0.15, 0.2) is 18.3 Å². The van der Waals surface area contributed by atoms with E-state index in [1.807, 2.05) is 23.2 Å². The lowest BCUT2D eigenvalue weighted by Gasteiger charge is -2.38. The molecule has 0 radical (unpaired) electrons. The maximum absolute atomic E-state index is 13.6. The van der Waals surface area contributed by atoms with Crippen LogP contribution in [0.3, 0.4) is 0 Å². The highest BCUT2D eigenvalue weighted by atomic mass is 32.2. The molecule has 2 saturated heterocycles. The maximum atomic E-state index is 13.6. The molecule has 0 spiro atoms. The molecule has 2 atom stereocenters. The minimum atomic E-state index is -1.13. The largest absolute Gasteiger partial charge is 0.496 e. The van der Waals surface area contributed by atoms with Crippen LogP contribution in [0.1, 0.15) is 63.0 Å². The Hall–Kier alpha value is -4.68. The van der Waals surface area contributed by atoms with Crippen LogP contribution in [-0.2, 0) is 32.3 Å². The minimum absolute atomic E-state index is 0.0647. The number of rotatable bonds is 17. The van der Waals surface area contributed by atoms with E-state index in [4.69, 9.17) is 31.1 Å². The van der Waals surface area contributed by atoms with Crippen LogP contribution in [0.25, 0.3) is 11.0 Å². The first kappa shape index (κ1) is 41.0. The van der Waals surface area contributed by atoms with Crippen LogP contribution >= 0.6 is 11.8 Å². The average Bonchev–Trinajstić information content (AvgIpc) is 3.72. The topological polar surface area (TPSA) is 224 Å². The van der Waals surface area contributed by atoms with E-state index in [-0.39, 0.29) is 47.7 Å². The van der Waals surface area contributed by atoms with Crippen LogP contribution in [0, 0.1) is 11.8 Å². The fourth-order valence-corrected chi connectivity index (χ4v) is 8.96. The number of amides is 3. The monoisotopic (exact) mass is 794 g/mol. The number of methoxy groups -OCH3 is 2. The van der Waals surface area contributed by atoms with Crippen LogP contribution in [0.2, 0.25) is 0 Å². The molecule has 4 heterocycles. The number of carbonyl (C=O) groups is 4. The van der Waals surface area contributed by atoms with Gasteiger partial charge in [0.25, 0.3) is 0 Å². The second-order valence-corrected chi connectivity index (χ2v) is 16.1. The van der Waals surface area contributed by atoms with Gasteiger partial charge in [-0.15, -0.1) is 11.8 Å². The third-order valence-corrected chi connectivity index (χ3v) is 12.3. The molecule has 0 bridgehead atoms. The van der Waals surface area contributed by atoms with Gasteiger partial charge in [0.15, 0.2) is 11.3 Å². The predicted octanol–water partition coefficient (Wildman–Crippen LogP) is 2.41. The van der Waals surface area contributed by atoms with Crippen molar-refractivity contribution >= 4 is 58.3 Å². The van der Waals surface area contributed by atoms with Gasteiger partial charge in [0.2, 0.25) is 23.7 Å². The number of hydrogen-bond acceptors (Lipinski definition) is 14. The summed E-state index contributed by atoms with van der Waals surface area (Å²) >= 11 is 1.13. The van der Waals surface area contributed by atoms with Crippen molar-refractivity contribution in [1.29, 1.82) is 0 Å². The van der Waals surface area contributed by atoms with Crippen molar-refractivity contribution in [2.24, 2.45) is 17.6 Å². The highest BCUT2D eigenvalue weighted by molar-refractivity contribution is 8.00. The Balaban J connectivity index is 1.01. The number of carbonyl (C=O) groups excluding carboxylic acids is 3. The van der Waals surface area contributed by atoms with Gasteiger partial charge in [0.1, 0.15) is 23.1 Å². The molecule has 6 rings (SSSR count). The van der Waals surface area contributed by atoms with Gasteiger partial charge in [0, 0.05) is 69.5 Å². The van der Waals surface area contributed by atoms with E-state index < -0.39 is 17.3 Å². The highest BCUT2D eigenvalue weighted by Gasteiger charge is 2.41. The summed E-state index contributed by atoms with van der Waals surface area (Å²) in [6.45, 7) is 6.95. The van der Waals surface area contributed by atoms with E-state index in [0.717, 1.165) is 86.8 Å². The van der Waals surface area contributed by atoms with Crippen LogP contribution in [0.5, 0.6) is 11.5 Å². The van der Waals surface area contributed by atoms with E-state index >= 15 is 0 Å². The van der Waals surface area contributed by atoms with Gasteiger partial charge in [-0.25, -0.2) is 4.98 Å². The Morgan fingerprint density at radius 3 is 2.48 bits per heavy atom. The number of aliphatic carboxylic acids is 1. The number of likely N-dealkylation sites (tertiary alicyclic amines) is 1. The molecule has 1 unspecified atom stereocenters. The number of nitrogens with one attached hydrogen (secondary N) is 1. The van der Waals surface area contributed by atoms with Crippen molar-refractivity contribution in [2.45, 2.75) is 76.3 Å². The fraction of sp³-hybridized carbons (Fsp3) is 0.605. The first-order chi connectivity index (χ1) is 27.0. The minimum Gasteiger partial charge on any atom is -0.496 e. The Kier molecular flexibility index (Phi) is 13.5. The van der Waals surface area contributed by atoms with E-state index in [0.29, 0.717) is 55.3 Å². The van der Waals surface area contributed by atoms with E-state index in [2.05, 4.69) is 27.1 Å². The van der Waals surface area contributed by atoms with Crippen LogP contribution in [0.4, 0.5) is 11.8 Å². The van der Waals surface area contributed by atoms with Gasteiger partial charge < -0.3 is 36.3 Å². The predicted molar refractivity (Wildman–Crippen MR) is 212 cm³/mol. The van der Waals surface area contributed by atoms with E-state index in [1.54, 1.807) is 18.9 Å². The molecule has 3 amide bonds. The summed E-state index contributed by atoms with van der Waals surface area (Å²) in [5.74, 6) is 0.883. The van der Waals surface area contributed by atoms with Crippen molar-refractivity contribution in [1.82, 2.24) is 34.4 Å². The lowest BCUT2D eigenvalue weighted by molar-refractivity contribution is -0.141. The van der Waals surface area contributed by atoms with Crippen molar-refractivity contribution < 1.29 is 33.8 Å². The average molecular weight is 795 g/mol. The molecular formula is C38H54N10O7S. The zero-order valence-electron chi connectivity index (χ0n) is 32.4. The second-order valence-electron chi connectivity index (χ2n) is 14.8. The molecule has 1 aromatic carbocycles. The van der Waals surface area contributed by atoms with Gasteiger partial charge in [0.05, 0.1) is 37.8 Å². The van der Waals surface area contributed by atoms with Crippen LogP contribution in [-0.4, -0.2) is 134 Å². The number of nitrogens with two attached hydrogens (primary N) is 2. The standard InChI is InChI=1S/C38H54N10O7S/c1-4-5-12-41-34-32-28(42-38(40)43-34)21-47(44-32)20-26-29(54-2)11-10-25(33(26)55-3)19-45-13-15-46(16-14-45)35(50)24-8-6-23(7-9-24)18-48-31(49)17-30(36(48)51)56-22-27(39)37(52)53/h10-11,21,23-24,27,30H,4-9,12-20,22,39H2,1-3H3,(H,52,53)(H3,40,41,42,43)/t23?,24?,27-,30?/m0/s1. The van der Waals surface area contributed by atoms with Gasteiger partial charge in [-0.2, -0.15) is 10.1 Å². The molecule has 1 aliphatic carbocycles. The first-order valence-electron chi connectivity index (χ1n) is 19.4. The summed E-state index contributed by atoms with van der Waals surface area (Å²) in [4.78, 5) is 64.7. The smallest absolute Gasteiger partial charge is 0.321 e. The quantitative estimate of drug-likeness (QED) is 0.114. The normalized spacial score (nSPS) is 21.1. The van der Waals surface area contributed by atoms with Crippen molar-refractivity contribution in [2.75, 3.05) is 70.3 Å². The lowest BCUT2D eigenvalue weighted by Crippen LogP contribution is -2.50. The van der Waals surface area contributed by atoms with Crippen molar-refractivity contribution in [3.8, 4) is 11.5 Å². The molecule has 6 N–H and O–H groups in total.